The van der Waals surface area contributed by atoms with Gasteiger partial charge in [-0.3, -0.25) is 9.78 Å². The van der Waals surface area contributed by atoms with Crippen LogP contribution in [0.4, 0.5) is 5.69 Å². The van der Waals surface area contributed by atoms with Crippen molar-refractivity contribution in [3.8, 4) is 0 Å². The Morgan fingerprint density at radius 2 is 2.30 bits per heavy atom. The van der Waals surface area contributed by atoms with Crippen molar-refractivity contribution < 1.29 is 9.53 Å². The quantitative estimate of drug-likeness (QED) is 0.817. The molecule has 5 heteroatoms. The first-order chi connectivity index (χ1) is 9.70. The van der Waals surface area contributed by atoms with Crippen molar-refractivity contribution in [2.45, 2.75) is 19.8 Å². The van der Waals surface area contributed by atoms with Gasteiger partial charge in [-0.2, -0.15) is 0 Å². The maximum Gasteiger partial charge on any atom is 0.224 e. The molecular formula is C15H17BrN2O2. The molecule has 1 amide bonds. The maximum absolute atomic E-state index is 11.9. The fourth-order valence-electron chi connectivity index (χ4n) is 1.93. The monoisotopic (exact) mass is 336 g/mol. The summed E-state index contributed by atoms with van der Waals surface area (Å²) in [6.45, 7) is 3.24. The molecule has 0 unspecified atom stereocenters. The van der Waals surface area contributed by atoms with Crippen LogP contribution < -0.4 is 5.32 Å². The summed E-state index contributed by atoms with van der Waals surface area (Å²) in [7, 11) is 0. The van der Waals surface area contributed by atoms with E-state index in [1.165, 1.54) is 0 Å². The van der Waals surface area contributed by atoms with Crippen LogP contribution in [0.25, 0.3) is 10.9 Å². The summed E-state index contributed by atoms with van der Waals surface area (Å²) in [5, 5.41) is 3.90. The molecule has 0 spiro atoms. The summed E-state index contributed by atoms with van der Waals surface area (Å²) in [5.74, 6) is -0.0121. The van der Waals surface area contributed by atoms with Crippen LogP contribution in [0, 0.1) is 0 Å². The molecule has 1 heterocycles. The highest BCUT2D eigenvalue weighted by molar-refractivity contribution is 9.10. The number of para-hydroxylation sites is 1. The number of hydrogen-bond acceptors (Lipinski definition) is 3. The molecule has 0 aliphatic rings. The minimum Gasteiger partial charge on any atom is -0.382 e. The van der Waals surface area contributed by atoms with E-state index in [1.807, 2.05) is 31.2 Å². The van der Waals surface area contributed by atoms with Crippen LogP contribution in [0.3, 0.4) is 0 Å². The van der Waals surface area contributed by atoms with E-state index in [0.717, 1.165) is 27.5 Å². The summed E-state index contributed by atoms with van der Waals surface area (Å²) < 4.78 is 6.14. The first kappa shape index (κ1) is 14.9. The Kier molecular flexibility index (Phi) is 5.49. The SMILES string of the molecule is CCOCCCC(=O)Nc1cccc2cc(Br)cnc12. The van der Waals surface area contributed by atoms with Gasteiger partial charge < -0.3 is 10.1 Å². The predicted octanol–water partition coefficient (Wildman–Crippen LogP) is 3.75. The number of carbonyl (C=O) groups is 1. The number of fused-ring (bicyclic) bond motifs is 1. The normalized spacial score (nSPS) is 10.7. The molecule has 0 radical (unpaired) electrons. The second-order valence-electron chi connectivity index (χ2n) is 4.38. The summed E-state index contributed by atoms with van der Waals surface area (Å²) in [6, 6.07) is 7.72. The van der Waals surface area contributed by atoms with Crippen LogP contribution in [0.1, 0.15) is 19.8 Å². The average molecular weight is 337 g/mol. The van der Waals surface area contributed by atoms with Gasteiger partial charge in [-0.05, 0) is 41.4 Å². The van der Waals surface area contributed by atoms with E-state index in [4.69, 9.17) is 4.74 Å². The van der Waals surface area contributed by atoms with Crippen LogP contribution in [-0.4, -0.2) is 24.1 Å². The molecule has 0 saturated carbocycles. The molecule has 106 valence electrons. The first-order valence-electron chi connectivity index (χ1n) is 6.62. The highest BCUT2D eigenvalue weighted by Gasteiger charge is 2.07. The third kappa shape index (κ3) is 4.02. The molecule has 0 bridgehead atoms. The van der Waals surface area contributed by atoms with Crippen LogP contribution in [0.2, 0.25) is 0 Å². The lowest BCUT2D eigenvalue weighted by atomic mass is 10.2. The molecule has 2 rings (SSSR count). The second-order valence-corrected chi connectivity index (χ2v) is 5.30. The molecule has 1 aromatic carbocycles. The van der Waals surface area contributed by atoms with Gasteiger partial charge in [0.25, 0.3) is 0 Å². The molecule has 0 fully saturated rings. The molecule has 2 aromatic rings. The van der Waals surface area contributed by atoms with Gasteiger partial charge in [0.05, 0.1) is 11.2 Å². The zero-order chi connectivity index (χ0) is 14.4. The number of nitrogens with one attached hydrogen (secondary N) is 1. The van der Waals surface area contributed by atoms with E-state index in [1.54, 1.807) is 6.20 Å². The molecule has 4 nitrogen and oxygen atoms in total. The number of nitrogens with zero attached hydrogens (tertiary/aromatic N) is 1. The van der Waals surface area contributed by atoms with Crippen molar-refractivity contribution in [2.75, 3.05) is 18.5 Å². The Labute approximate surface area is 126 Å². The van der Waals surface area contributed by atoms with Crippen LogP contribution in [0.15, 0.2) is 34.9 Å². The Hall–Kier alpha value is -1.46. The molecule has 0 atom stereocenters. The molecule has 0 saturated heterocycles. The number of halogens is 1. The van der Waals surface area contributed by atoms with Crippen molar-refractivity contribution in [2.24, 2.45) is 0 Å². The molecule has 1 aromatic heterocycles. The lowest BCUT2D eigenvalue weighted by Gasteiger charge is -2.08. The van der Waals surface area contributed by atoms with E-state index in [2.05, 4.69) is 26.2 Å². The lowest BCUT2D eigenvalue weighted by molar-refractivity contribution is -0.116. The van der Waals surface area contributed by atoms with Gasteiger partial charge in [0, 0.05) is 35.7 Å². The van der Waals surface area contributed by atoms with Gasteiger partial charge in [-0.25, -0.2) is 0 Å². The first-order valence-corrected chi connectivity index (χ1v) is 7.42. The number of hydrogen-bond donors (Lipinski definition) is 1. The third-order valence-corrected chi connectivity index (χ3v) is 3.28. The summed E-state index contributed by atoms with van der Waals surface area (Å²) >= 11 is 3.39. The summed E-state index contributed by atoms with van der Waals surface area (Å²) in [6.07, 6.45) is 2.91. The molecule has 20 heavy (non-hydrogen) atoms. The van der Waals surface area contributed by atoms with Crippen molar-refractivity contribution in [3.05, 3.63) is 34.9 Å². The number of pyridine rings is 1. The maximum atomic E-state index is 11.9. The molecular weight excluding hydrogens is 320 g/mol. The van der Waals surface area contributed by atoms with Crippen molar-refractivity contribution in [1.29, 1.82) is 0 Å². The molecule has 1 N–H and O–H groups in total. The van der Waals surface area contributed by atoms with E-state index < -0.39 is 0 Å². The minimum atomic E-state index is -0.0121. The van der Waals surface area contributed by atoms with Gasteiger partial charge in [0.1, 0.15) is 0 Å². The van der Waals surface area contributed by atoms with Crippen LogP contribution >= 0.6 is 15.9 Å². The van der Waals surface area contributed by atoms with E-state index in [0.29, 0.717) is 19.6 Å². The fraction of sp³-hybridized carbons (Fsp3) is 0.333. The zero-order valence-electron chi connectivity index (χ0n) is 11.4. The largest absolute Gasteiger partial charge is 0.382 e. The number of amides is 1. The smallest absolute Gasteiger partial charge is 0.224 e. The van der Waals surface area contributed by atoms with Crippen molar-refractivity contribution >= 4 is 38.4 Å². The standard InChI is InChI=1S/C15H17BrN2O2/c1-2-20-8-4-7-14(19)18-13-6-3-5-11-9-12(16)10-17-15(11)13/h3,5-6,9-10H,2,4,7-8H2,1H3,(H,18,19). The number of aromatic nitrogens is 1. The molecule has 0 aliphatic heterocycles. The Morgan fingerprint density at radius 1 is 1.45 bits per heavy atom. The highest BCUT2D eigenvalue weighted by atomic mass is 79.9. The number of rotatable bonds is 6. The van der Waals surface area contributed by atoms with E-state index in [9.17, 15) is 4.79 Å². The second kappa shape index (κ2) is 7.36. The number of anilines is 1. The highest BCUT2D eigenvalue weighted by Crippen LogP contribution is 2.24. The summed E-state index contributed by atoms with van der Waals surface area (Å²) in [5.41, 5.74) is 1.55. The van der Waals surface area contributed by atoms with Crippen molar-refractivity contribution in [1.82, 2.24) is 4.98 Å². The average Bonchev–Trinajstić information content (AvgIpc) is 2.43. The van der Waals surface area contributed by atoms with Crippen molar-refractivity contribution in [3.63, 3.8) is 0 Å². The topological polar surface area (TPSA) is 51.2 Å². The minimum absolute atomic E-state index is 0.0121. The van der Waals surface area contributed by atoms with E-state index >= 15 is 0 Å². The van der Waals surface area contributed by atoms with Gasteiger partial charge in [-0.1, -0.05) is 12.1 Å². The Bertz CT molecular complexity index is 601. The zero-order valence-corrected chi connectivity index (χ0v) is 12.9. The van der Waals surface area contributed by atoms with E-state index in [-0.39, 0.29) is 5.91 Å². The number of ether oxygens (including phenoxy) is 1. The number of benzene rings is 1. The Morgan fingerprint density at radius 3 is 3.10 bits per heavy atom. The predicted molar refractivity (Wildman–Crippen MR) is 83.8 cm³/mol. The summed E-state index contributed by atoms with van der Waals surface area (Å²) in [4.78, 5) is 16.2. The molecule has 0 aliphatic carbocycles. The van der Waals surface area contributed by atoms with Gasteiger partial charge in [-0.15, -0.1) is 0 Å². The van der Waals surface area contributed by atoms with Crippen LogP contribution in [-0.2, 0) is 9.53 Å². The van der Waals surface area contributed by atoms with Gasteiger partial charge in [0.2, 0.25) is 5.91 Å². The van der Waals surface area contributed by atoms with Crippen LogP contribution in [0.5, 0.6) is 0 Å². The lowest BCUT2D eigenvalue weighted by Crippen LogP contribution is -2.12. The fourth-order valence-corrected chi connectivity index (χ4v) is 2.28. The van der Waals surface area contributed by atoms with Gasteiger partial charge in [0.15, 0.2) is 0 Å². The third-order valence-electron chi connectivity index (χ3n) is 2.85. The van der Waals surface area contributed by atoms with Gasteiger partial charge >= 0.3 is 0 Å². The Balaban J connectivity index is 2.04. The number of carbonyl (C=O) groups excluding carboxylic acids is 1.